The van der Waals surface area contributed by atoms with Gasteiger partial charge in [0.05, 0.1) is 25.5 Å². The number of hydrogen-bond donors (Lipinski definition) is 0. The number of alkyl halides is 1. The highest BCUT2D eigenvalue weighted by atomic mass is 35.5. The van der Waals surface area contributed by atoms with E-state index in [0.29, 0.717) is 18.4 Å². The van der Waals surface area contributed by atoms with Crippen molar-refractivity contribution in [1.82, 2.24) is 29.9 Å². The molecule has 1 fully saturated rings. The van der Waals surface area contributed by atoms with E-state index in [2.05, 4.69) is 46.9 Å². The van der Waals surface area contributed by atoms with E-state index in [1.807, 2.05) is 54.6 Å². The van der Waals surface area contributed by atoms with Crippen molar-refractivity contribution < 1.29 is 15.1 Å². The highest BCUT2D eigenvalue weighted by Gasteiger charge is 2.25. The van der Waals surface area contributed by atoms with Gasteiger partial charge in [0.15, 0.2) is 0 Å². The van der Waals surface area contributed by atoms with Gasteiger partial charge in [0.1, 0.15) is 5.15 Å². The first-order valence-electron chi connectivity index (χ1n) is 13.5. The molecular weight excluding hydrogens is 615 g/mol. The fraction of sp³-hybridized carbons (Fsp3) is 0.172. The Labute approximate surface area is 266 Å². The lowest BCUT2D eigenvalue weighted by molar-refractivity contribution is 0.197. The summed E-state index contributed by atoms with van der Waals surface area (Å²) >= 11 is 16.4. The molecule has 0 saturated carbocycles. The summed E-state index contributed by atoms with van der Waals surface area (Å²) in [6, 6.07) is 25.1. The van der Waals surface area contributed by atoms with Gasteiger partial charge in [-0.15, -0.1) is 0 Å². The van der Waals surface area contributed by atoms with Crippen molar-refractivity contribution in [1.29, 1.82) is 0 Å². The van der Waals surface area contributed by atoms with Crippen molar-refractivity contribution >= 4 is 53.2 Å². The number of nitrogens with zero attached hydrogens (tertiary/aromatic N) is 7. The number of rotatable bonds is 3. The normalized spacial score (nSPS) is 12.9. The number of hydrogen-bond acceptors (Lipinski definition) is 9. The van der Waals surface area contributed by atoms with Crippen LogP contribution >= 0.6 is 34.8 Å². The predicted octanol–water partition coefficient (Wildman–Crippen LogP) is 5.89. The zero-order chi connectivity index (χ0) is 31.4. The van der Waals surface area contributed by atoms with Crippen molar-refractivity contribution in [3.05, 3.63) is 119 Å². The summed E-state index contributed by atoms with van der Waals surface area (Å²) in [7, 11) is -1.35. The zero-order valence-electron chi connectivity index (χ0n) is 23.9. The summed E-state index contributed by atoms with van der Waals surface area (Å²) in [5.41, 5.74) is 3.57. The summed E-state index contributed by atoms with van der Waals surface area (Å²) in [5, 5.41) is 0.783. The Balaban J connectivity index is 0.000000189. The monoisotopic (exact) mass is 642 g/mol. The molecule has 1 aromatic carbocycles. The fourth-order valence-electron chi connectivity index (χ4n) is 3.59. The fourth-order valence-corrected chi connectivity index (χ4v) is 4.06. The minimum absolute atomic E-state index is 0.178. The van der Waals surface area contributed by atoms with Crippen LogP contribution < -0.4 is 10.5 Å². The maximum Gasteiger partial charge on any atom is 0.513 e. The Morgan fingerprint density at radius 3 is 1.84 bits per heavy atom. The van der Waals surface area contributed by atoms with E-state index in [1.54, 1.807) is 30.7 Å². The van der Waals surface area contributed by atoms with E-state index in [1.165, 1.54) is 11.9 Å². The van der Waals surface area contributed by atoms with Crippen LogP contribution in [0.25, 0.3) is 11.4 Å². The largest absolute Gasteiger partial charge is 0.513 e. The summed E-state index contributed by atoms with van der Waals surface area (Å²) < 4.78 is 27.1. The molecule has 4 aromatic heterocycles. The van der Waals surface area contributed by atoms with Crippen molar-refractivity contribution in [3.63, 3.8) is 0 Å². The van der Waals surface area contributed by atoms with E-state index in [0.717, 1.165) is 30.1 Å². The van der Waals surface area contributed by atoms with Gasteiger partial charge in [-0.1, -0.05) is 41.9 Å². The Morgan fingerprint density at radius 2 is 1.30 bits per heavy atom. The number of para-hydroxylation sites is 1. The molecule has 5 aromatic rings. The average Bonchev–Trinajstić information content (AvgIpc) is 3.03. The van der Waals surface area contributed by atoms with E-state index in [-0.39, 0.29) is 17.7 Å². The molecule has 1 aliphatic rings. The maximum atomic E-state index is 9.96. The molecule has 6 rings (SSSR count). The van der Waals surface area contributed by atoms with Crippen LogP contribution in [0.1, 0.15) is 1.37 Å². The van der Waals surface area contributed by atoms with E-state index in [9.17, 15) is 4.39 Å². The highest BCUT2D eigenvalue weighted by Crippen LogP contribution is 2.15. The SMILES string of the molecule is Clc1ccnc(Cl)n1.Clc1nccc(-c2ccccn2)n1.[2H]CF.c1ccc(N2CCOB(c3ccccn3)OCC2)cc1. The Hall–Kier alpha value is -3.74. The molecule has 0 unspecified atom stereocenters. The second-order valence-electron chi connectivity index (χ2n) is 8.22. The van der Waals surface area contributed by atoms with Crippen LogP contribution in [-0.2, 0) is 9.31 Å². The maximum absolute atomic E-state index is 9.96. The second kappa shape index (κ2) is 19.5. The Morgan fingerprint density at radius 1 is 0.698 bits per heavy atom. The summed E-state index contributed by atoms with van der Waals surface area (Å²) in [6.45, 7) is 2.96. The van der Waals surface area contributed by atoms with Crippen LogP contribution in [0.4, 0.5) is 10.1 Å². The van der Waals surface area contributed by atoms with Gasteiger partial charge in [0.25, 0.3) is 0 Å². The topological polar surface area (TPSA) is 99.0 Å². The predicted molar refractivity (Wildman–Crippen MR) is 170 cm³/mol. The molecule has 1 aliphatic heterocycles. The Bertz CT molecular complexity index is 1420. The Kier molecular flexibility index (Phi) is 14.6. The minimum atomic E-state index is -1.00. The lowest BCUT2D eigenvalue weighted by Crippen LogP contribution is -2.45. The lowest BCUT2D eigenvalue weighted by atomic mass is 9.83. The van der Waals surface area contributed by atoms with Crippen LogP contribution in [0.15, 0.2) is 104 Å². The molecule has 0 radical (unpaired) electrons. The summed E-state index contributed by atoms with van der Waals surface area (Å²) in [4.78, 5) is 25.7. The van der Waals surface area contributed by atoms with Gasteiger partial charge < -0.3 is 14.2 Å². The lowest BCUT2D eigenvalue weighted by Gasteiger charge is -2.28. The molecule has 0 bridgehead atoms. The molecule has 5 heterocycles. The molecule has 0 atom stereocenters. The molecule has 0 spiro atoms. The molecule has 9 nitrogen and oxygen atoms in total. The summed E-state index contributed by atoms with van der Waals surface area (Å²) in [5.74, 6) is 0. The standard InChI is InChI=1S/C15H17BN2O2.C9H6ClN3.C4H2Cl2N2.CH3F/c1-2-6-14(7-3-1)18-10-12-19-16(20-13-11-18)15-8-4-5-9-17-15;10-9-12-6-4-8(13-9)7-3-1-2-5-11-7;5-3-1-2-7-4(6)8-3;1-2/h1-9H,10-13H2;1-6H;1-2H;1H3/i;;;1D. The van der Waals surface area contributed by atoms with E-state index < -0.39 is 7.15 Å². The quantitative estimate of drug-likeness (QED) is 0.135. The second-order valence-corrected chi connectivity index (χ2v) is 9.29. The van der Waals surface area contributed by atoms with Crippen LogP contribution in [0, 0.1) is 0 Å². The molecule has 0 N–H and O–H groups in total. The number of anilines is 1. The van der Waals surface area contributed by atoms with E-state index in [4.69, 9.17) is 45.5 Å². The molecule has 0 aliphatic carbocycles. The van der Waals surface area contributed by atoms with Gasteiger partial charge in [-0.25, -0.2) is 19.9 Å². The van der Waals surface area contributed by atoms with Gasteiger partial charge in [0.2, 0.25) is 10.6 Å². The van der Waals surface area contributed by atoms with Crippen molar-refractivity contribution in [3.8, 4) is 11.4 Å². The van der Waals surface area contributed by atoms with Crippen LogP contribution in [0.2, 0.25) is 15.7 Å². The summed E-state index contributed by atoms with van der Waals surface area (Å²) in [6.07, 6.45) is 6.58. The average molecular weight is 644 g/mol. The van der Waals surface area contributed by atoms with Crippen LogP contribution in [0.3, 0.4) is 0 Å². The van der Waals surface area contributed by atoms with E-state index >= 15 is 0 Å². The molecule has 1 saturated heterocycles. The number of aromatic nitrogens is 6. The van der Waals surface area contributed by atoms with Crippen LogP contribution in [0.5, 0.6) is 0 Å². The van der Waals surface area contributed by atoms with Crippen molar-refractivity contribution in [2.75, 3.05) is 38.4 Å². The number of halogens is 4. The zero-order valence-corrected chi connectivity index (χ0v) is 25.2. The van der Waals surface area contributed by atoms with Crippen LogP contribution in [-0.4, -0.2) is 70.5 Å². The molecule has 0 amide bonds. The first-order chi connectivity index (χ1) is 21.5. The van der Waals surface area contributed by atoms with Gasteiger partial charge in [-0.05, 0) is 71.7 Å². The molecule has 14 heteroatoms. The highest BCUT2D eigenvalue weighted by molar-refractivity contribution is 6.60. The smallest absolute Gasteiger partial charge is 0.404 e. The van der Waals surface area contributed by atoms with Crippen molar-refractivity contribution in [2.24, 2.45) is 0 Å². The molecule has 43 heavy (non-hydrogen) atoms. The third-order valence-corrected chi connectivity index (χ3v) is 6.03. The van der Waals surface area contributed by atoms with Gasteiger partial charge in [-0.3, -0.25) is 14.4 Å². The van der Waals surface area contributed by atoms with Gasteiger partial charge in [-0.2, -0.15) is 0 Å². The molecular formula is C29H28BCl3FN7O2. The first-order valence-corrected chi connectivity index (χ1v) is 14.0. The number of pyridine rings is 2. The minimum Gasteiger partial charge on any atom is -0.404 e. The van der Waals surface area contributed by atoms with Gasteiger partial charge >= 0.3 is 7.12 Å². The van der Waals surface area contributed by atoms with Crippen molar-refractivity contribution in [2.45, 2.75) is 0 Å². The third kappa shape index (κ3) is 12.2. The first kappa shape index (κ1) is 32.2. The van der Waals surface area contributed by atoms with Gasteiger partial charge in [0, 0.05) is 56.8 Å². The third-order valence-electron chi connectivity index (χ3n) is 5.46. The molecule has 222 valence electrons. The number of benzene rings is 1.